The third kappa shape index (κ3) is 3.94. The Morgan fingerprint density at radius 3 is 2.33 bits per heavy atom. The van der Waals surface area contributed by atoms with E-state index in [0.29, 0.717) is 10.6 Å². The highest BCUT2D eigenvalue weighted by atomic mass is 35.5. The molecular weight excluding hydrogens is 246 g/mol. The van der Waals surface area contributed by atoms with Crippen molar-refractivity contribution in [2.75, 3.05) is 5.32 Å². The van der Waals surface area contributed by atoms with Gasteiger partial charge >= 0.3 is 0 Å². The van der Waals surface area contributed by atoms with Crippen LogP contribution in [0.2, 0.25) is 5.02 Å². The molecule has 1 atom stereocenters. The summed E-state index contributed by atoms with van der Waals surface area (Å²) in [5, 5.41) is 14.4. The maximum absolute atomic E-state index is 10.4. The molecule has 1 unspecified atom stereocenters. The van der Waals surface area contributed by atoms with E-state index in [1.165, 1.54) is 0 Å². The molecule has 3 heteroatoms. The second-order valence-corrected chi connectivity index (χ2v) is 5.95. The molecule has 1 aromatic carbocycles. The average Bonchev–Trinajstić information content (AvgIpc) is 2.18. The Hall–Kier alpha value is -1.17. The zero-order valence-corrected chi connectivity index (χ0v) is 12.3. The lowest BCUT2D eigenvalue weighted by molar-refractivity contribution is 0.123. The quantitative estimate of drug-likeness (QED) is 0.798. The Kier molecular flexibility index (Phi) is 4.32. The summed E-state index contributed by atoms with van der Waals surface area (Å²) in [4.78, 5) is 0. The first-order chi connectivity index (χ1) is 8.15. The summed E-state index contributed by atoms with van der Waals surface area (Å²) in [5.74, 6) is 5.54. The zero-order valence-electron chi connectivity index (χ0n) is 11.6. The zero-order chi connectivity index (χ0) is 14.0. The van der Waals surface area contributed by atoms with E-state index in [9.17, 15) is 5.11 Å². The van der Waals surface area contributed by atoms with E-state index in [4.69, 9.17) is 11.6 Å². The van der Waals surface area contributed by atoms with Crippen LogP contribution in [0.5, 0.6) is 0 Å². The van der Waals surface area contributed by atoms with Crippen LogP contribution >= 0.6 is 11.6 Å². The van der Waals surface area contributed by atoms with Crippen LogP contribution in [-0.2, 0) is 5.60 Å². The van der Waals surface area contributed by atoms with Gasteiger partial charge < -0.3 is 10.4 Å². The van der Waals surface area contributed by atoms with Crippen LogP contribution in [0, 0.1) is 11.8 Å². The molecule has 0 amide bonds. The molecule has 0 aliphatic carbocycles. The lowest BCUT2D eigenvalue weighted by atomic mass is 9.93. The van der Waals surface area contributed by atoms with Crippen molar-refractivity contribution in [3.63, 3.8) is 0 Å². The molecule has 2 nitrogen and oxygen atoms in total. The SMILES string of the molecule is CC#CC(C)(O)c1cc(Cl)ccc1NC(C)(C)C. The number of aliphatic hydroxyl groups is 1. The van der Waals surface area contributed by atoms with Gasteiger partial charge in [0.2, 0.25) is 0 Å². The minimum absolute atomic E-state index is 0.0989. The number of nitrogens with one attached hydrogen (secondary N) is 1. The van der Waals surface area contributed by atoms with Crippen molar-refractivity contribution in [2.45, 2.75) is 45.8 Å². The van der Waals surface area contributed by atoms with Gasteiger partial charge in [-0.05, 0) is 52.8 Å². The van der Waals surface area contributed by atoms with Crippen molar-refractivity contribution in [3.8, 4) is 11.8 Å². The molecule has 0 spiro atoms. The summed E-state index contributed by atoms with van der Waals surface area (Å²) in [6, 6.07) is 5.42. The predicted octanol–water partition coefficient (Wildman–Crippen LogP) is 3.78. The third-order valence-electron chi connectivity index (χ3n) is 2.38. The van der Waals surface area contributed by atoms with Crippen LogP contribution in [0.3, 0.4) is 0 Å². The highest BCUT2D eigenvalue weighted by Gasteiger charge is 2.25. The van der Waals surface area contributed by atoms with Gasteiger partial charge in [0.15, 0.2) is 0 Å². The summed E-state index contributed by atoms with van der Waals surface area (Å²) < 4.78 is 0. The van der Waals surface area contributed by atoms with Crippen LogP contribution in [0.15, 0.2) is 18.2 Å². The Bertz CT molecular complexity index is 489. The molecule has 98 valence electrons. The van der Waals surface area contributed by atoms with Crippen molar-refractivity contribution < 1.29 is 5.11 Å². The largest absolute Gasteiger partial charge is 0.380 e. The van der Waals surface area contributed by atoms with Crippen molar-refractivity contribution in [3.05, 3.63) is 28.8 Å². The molecule has 0 radical (unpaired) electrons. The monoisotopic (exact) mass is 265 g/mol. The number of rotatable bonds is 2. The van der Waals surface area contributed by atoms with E-state index in [-0.39, 0.29) is 5.54 Å². The molecule has 0 saturated carbocycles. The summed E-state index contributed by atoms with van der Waals surface area (Å²) in [6.45, 7) is 9.56. The molecule has 1 aromatic rings. The smallest absolute Gasteiger partial charge is 0.150 e. The maximum Gasteiger partial charge on any atom is 0.150 e. The van der Waals surface area contributed by atoms with Crippen LogP contribution in [0.25, 0.3) is 0 Å². The first-order valence-corrected chi connectivity index (χ1v) is 6.28. The fourth-order valence-electron chi connectivity index (χ4n) is 1.74. The molecule has 0 aliphatic heterocycles. The van der Waals surface area contributed by atoms with E-state index in [1.54, 1.807) is 26.0 Å². The maximum atomic E-state index is 10.4. The summed E-state index contributed by atoms with van der Waals surface area (Å²) in [7, 11) is 0. The number of anilines is 1. The second-order valence-electron chi connectivity index (χ2n) is 5.51. The van der Waals surface area contributed by atoms with Gasteiger partial charge in [0.05, 0.1) is 0 Å². The van der Waals surface area contributed by atoms with Crippen molar-refractivity contribution in [1.82, 2.24) is 0 Å². The van der Waals surface area contributed by atoms with Gasteiger partial charge in [-0.1, -0.05) is 17.5 Å². The number of hydrogen-bond acceptors (Lipinski definition) is 2. The Morgan fingerprint density at radius 1 is 1.22 bits per heavy atom. The second kappa shape index (κ2) is 5.22. The van der Waals surface area contributed by atoms with E-state index in [2.05, 4.69) is 37.9 Å². The summed E-state index contributed by atoms with van der Waals surface area (Å²) in [5.41, 5.74) is 0.227. The molecule has 1 rings (SSSR count). The molecule has 18 heavy (non-hydrogen) atoms. The van der Waals surface area contributed by atoms with Gasteiger partial charge in [-0.3, -0.25) is 0 Å². The van der Waals surface area contributed by atoms with Gasteiger partial charge in [0.25, 0.3) is 0 Å². The van der Waals surface area contributed by atoms with Crippen molar-refractivity contribution in [1.29, 1.82) is 0 Å². The van der Waals surface area contributed by atoms with Gasteiger partial charge in [-0.25, -0.2) is 0 Å². The fourth-order valence-corrected chi connectivity index (χ4v) is 1.92. The minimum atomic E-state index is -1.22. The Morgan fingerprint density at radius 2 is 1.83 bits per heavy atom. The topological polar surface area (TPSA) is 32.3 Å². The standard InChI is InChI=1S/C15H20ClNO/c1-6-9-15(5,18)12-10-11(16)7-8-13(12)17-14(2,3)4/h7-8,10,17-18H,1-5H3. The molecule has 0 aliphatic rings. The predicted molar refractivity (Wildman–Crippen MR) is 77.8 cm³/mol. The number of hydrogen-bond donors (Lipinski definition) is 2. The van der Waals surface area contributed by atoms with E-state index >= 15 is 0 Å². The first kappa shape index (κ1) is 14.9. The number of benzene rings is 1. The van der Waals surface area contributed by atoms with Crippen molar-refractivity contribution in [2.24, 2.45) is 0 Å². The summed E-state index contributed by atoms with van der Waals surface area (Å²) >= 11 is 6.01. The van der Waals surface area contributed by atoms with Crippen LogP contribution < -0.4 is 5.32 Å². The molecule has 0 fully saturated rings. The highest BCUT2D eigenvalue weighted by molar-refractivity contribution is 6.30. The first-order valence-electron chi connectivity index (χ1n) is 5.90. The molecule has 0 bridgehead atoms. The summed E-state index contributed by atoms with van der Waals surface area (Å²) in [6.07, 6.45) is 0. The Balaban J connectivity index is 3.31. The van der Waals surface area contributed by atoms with E-state index in [0.717, 1.165) is 5.69 Å². The third-order valence-corrected chi connectivity index (χ3v) is 2.62. The molecule has 0 aromatic heterocycles. The number of halogens is 1. The lowest BCUT2D eigenvalue weighted by Gasteiger charge is -2.28. The highest BCUT2D eigenvalue weighted by Crippen LogP contribution is 2.32. The fraction of sp³-hybridized carbons (Fsp3) is 0.467. The van der Waals surface area contributed by atoms with Crippen molar-refractivity contribution >= 4 is 17.3 Å². The van der Waals surface area contributed by atoms with Crippen LogP contribution in [0.1, 0.15) is 40.2 Å². The van der Waals surface area contributed by atoms with E-state index in [1.807, 2.05) is 6.07 Å². The molecule has 0 saturated heterocycles. The lowest BCUT2D eigenvalue weighted by Crippen LogP contribution is -2.29. The van der Waals surface area contributed by atoms with Crippen LogP contribution in [-0.4, -0.2) is 10.6 Å². The minimum Gasteiger partial charge on any atom is -0.380 e. The average molecular weight is 266 g/mol. The van der Waals surface area contributed by atoms with E-state index < -0.39 is 5.60 Å². The van der Waals surface area contributed by atoms with Gasteiger partial charge in [0.1, 0.15) is 5.60 Å². The Labute approximate surface area is 114 Å². The van der Waals surface area contributed by atoms with Gasteiger partial charge in [-0.15, -0.1) is 5.92 Å². The van der Waals surface area contributed by atoms with Gasteiger partial charge in [0, 0.05) is 21.8 Å². The van der Waals surface area contributed by atoms with Crippen LogP contribution in [0.4, 0.5) is 5.69 Å². The normalized spacial score (nSPS) is 14.4. The van der Waals surface area contributed by atoms with Gasteiger partial charge in [-0.2, -0.15) is 0 Å². The molecule has 2 N–H and O–H groups in total. The molecular formula is C15H20ClNO. The molecule has 0 heterocycles.